The van der Waals surface area contributed by atoms with Crippen LogP contribution in [0, 0.1) is 6.92 Å². The zero-order valence-electron chi connectivity index (χ0n) is 16.3. The average molecular weight is 426 g/mol. The Bertz CT molecular complexity index is 1020. The minimum absolute atomic E-state index is 0.129. The monoisotopic (exact) mass is 425 g/mol. The molecule has 29 heavy (non-hydrogen) atoms. The van der Waals surface area contributed by atoms with Gasteiger partial charge < -0.3 is 10.2 Å². The van der Waals surface area contributed by atoms with Crippen LogP contribution in [0.25, 0.3) is 10.2 Å². The molecular weight excluding hydrogens is 402 g/mol. The van der Waals surface area contributed by atoms with Gasteiger partial charge in [0.1, 0.15) is 0 Å². The number of amides is 2. The molecule has 0 spiro atoms. The second kappa shape index (κ2) is 8.97. The normalized spacial score (nSPS) is 14.2. The molecule has 0 unspecified atom stereocenters. The van der Waals surface area contributed by atoms with Gasteiger partial charge in [0.2, 0.25) is 5.91 Å². The molecule has 2 aromatic carbocycles. The summed E-state index contributed by atoms with van der Waals surface area (Å²) in [6.45, 7) is 3.75. The SMILES string of the molecule is Cc1ccc(C(=O)Nc2ccc3nc(SCC(=O)N4CCCCC4)sc3c2)cc1. The van der Waals surface area contributed by atoms with Crippen molar-refractivity contribution in [2.75, 3.05) is 24.2 Å². The highest BCUT2D eigenvalue weighted by atomic mass is 32.2. The third-order valence-electron chi connectivity index (χ3n) is 4.97. The Morgan fingerprint density at radius 2 is 1.86 bits per heavy atom. The number of thiazole rings is 1. The van der Waals surface area contributed by atoms with Crippen molar-refractivity contribution in [2.45, 2.75) is 30.5 Å². The van der Waals surface area contributed by atoms with Gasteiger partial charge in [0.25, 0.3) is 5.91 Å². The highest BCUT2D eigenvalue weighted by Crippen LogP contribution is 2.31. The van der Waals surface area contributed by atoms with E-state index < -0.39 is 0 Å². The summed E-state index contributed by atoms with van der Waals surface area (Å²) in [5.74, 6) is 0.493. The second-order valence-corrected chi connectivity index (χ2v) is 9.47. The zero-order valence-corrected chi connectivity index (χ0v) is 17.9. The van der Waals surface area contributed by atoms with Crippen LogP contribution in [0.1, 0.15) is 35.2 Å². The molecule has 1 saturated heterocycles. The molecule has 0 radical (unpaired) electrons. The van der Waals surface area contributed by atoms with Crippen LogP contribution < -0.4 is 5.32 Å². The zero-order chi connectivity index (χ0) is 20.2. The number of hydrogen-bond acceptors (Lipinski definition) is 5. The molecule has 0 aliphatic carbocycles. The number of aryl methyl sites for hydroxylation is 1. The summed E-state index contributed by atoms with van der Waals surface area (Å²) in [5, 5.41) is 2.94. The van der Waals surface area contributed by atoms with Gasteiger partial charge in [-0.25, -0.2) is 4.98 Å². The summed E-state index contributed by atoms with van der Waals surface area (Å²) in [6, 6.07) is 13.2. The molecule has 3 aromatic rings. The molecule has 150 valence electrons. The molecule has 4 rings (SSSR count). The van der Waals surface area contributed by atoms with Crippen LogP contribution >= 0.6 is 23.1 Å². The minimum atomic E-state index is -0.129. The third-order valence-corrected chi connectivity index (χ3v) is 7.11. The van der Waals surface area contributed by atoms with Crippen molar-refractivity contribution in [1.29, 1.82) is 0 Å². The largest absolute Gasteiger partial charge is 0.342 e. The van der Waals surface area contributed by atoms with Crippen molar-refractivity contribution >= 4 is 50.8 Å². The van der Waals surface area contributed by atoms with Crippen molar-refractivity contribution < 1.29 is 9.59 Å². The number of hydrogen-bond donors (Lipinski definition) is 1. The first kappa shape index (κ1) is 19.9. The molecule has 1 aliphatic heterocycles. The van der Waals surface area contributed by atoms with Gasteiger partial charge in [0.05, 0.1) is 16.0 Å². The van der Waals surface area contributed by atoms with Crippen molar-refractivity contribution in [2.24, 2.45) is 0 Å². The lowest BCUT2D eigenvalue weighted by atomic mass is 10.1. The van der Waals surface area contributed by atoms with Gasteiger partial charge in [0, 0.05) is 24.3 Å². The van der Waals surface area contributed by atoms with Crippen molar-refractivity contribution in [1.82, 2.24) is 9.88 Å². The van der Waals surface area contributed by atoms with Crippen molar-refractivity contribution in [3.8, 4) is 0 Å². The number of rotatable bonds is 5. The maximum Gasteiger partial charge on any atom is 0.255 e. The molecule has 1 aromatic heterocycles. The van der Waals surface area contributed by atoms with Crippen LogP contribution in [0.15, 0.2) is 46.8 Å². The van der Waals surface area contributed by atoms with Crippen molar-refractivity contribution in [3.05, 3.63) is 53.6 Å². The molecule has 0 saturated carbocycles. The highest BCUT2D eigenvalue weighted by molar-refractivity contribution is 8.01. The fourth-order valence-electron chi connectivity index (χ4n) is 3.31. The molecule has 5 nitrogen and oxygen atoms in total. The standard InChI is InChI=1S/C22H23N3O2S2/c1-15-5-7-16(8-6-15)21(27)23-17-9-10-18-19(13-17)29-22(24-18)28-14-20(26)25-11-3-2-4-12-25/h5-10,13H,2-4,11-12,14H2,1H3,(H,23,27). The van der Waals surface area contributed by atoms with Crippen LogP contribution in [-0.4, -0.2) is 40.5 Å². The summed E-state index contributed by atoms with van der Waals surface area (Å²) in [7, 11) is 0. The Balaban J connectivity index is 1.40. The molecule has 2 amide bonds. The van der Waals surface area contributed by atoms with E-state index in [0.717, 1.165) is 51.7 Å². The van der Waals surface area contributed by atoms with E-state index >= 15 is 0 Å². The number of nitrogens with zero attached hydrogens (tertiary/aromatic N) is 2. The fourth-order valence-corrected chi connectivity index (χ4v) is 5.32. The highest BCUT2D eigenvalue weighted by Gasteiger charge is 2.17. The van der Waals surface area contributed by atoms with E-state index in [1.165, 1.54) is 18.2 Å². The van der Waals surface area contributed by atoms with E-state index in [1.54, 1.807) is 11.3 Å². The summed E-state index contributed by atoms with van der Waals surface area (Å²) in [4.78, 5) is 31.4. The lowest BCUT2D eigenvalue weighted by molar-refractivity contribution is -0.129. The number of likely N-dealkylation sites (tertiary alicyclic amines) is 1. The first-order valence-corrected chi connectivity index (χ1v) is 11.6. The molecule has 7 heteroatoms. The summed E-state index contributed by atoms with van der Waals surface area (Å²) < 4.78 is 1.88. The predicted molar refractivity (Wildman–Crippen MR) is 120 cm³/mol. The maximum atomic E-state index is 12.4. The lowest BCUT2D eigenvalue weighted by Crippen LogP contribution is -2.36. The van der Waals surface area contributed by atoms with E-state index in [-0.39, 0.29) is 11.8 Å². The van der Waals surface area contributed by atoms with Gasteiger partial charge >= 0.3 is 0 Å². The van der Waals surface area contributed by atoms with Gasteiger partial charge in [-0.05, 0) is 56.5 Å². The van der Waals surface area contributed by atoms with Crippen LogP contribution in [0.4, 0.5) is 5.69 Å². The van der Waals surface area contributed by atoms with Gasteiger partial charge in [-0.2, -0.15) is 0 Å². The van der Waals surface area contributed by atoms with E-state index in [4.69, 9.17) is 0 Å². The van der Waals surface area contributed by atoms with Gasteiger partial charge in [-0.1, -0.05) is 29.5 Å². The number of thioether (sulfide) groups is 1. The van der Waals surface area contributed by atoms with E-state index in [9.17, 15) is 9.59 Å². The first-order valence-electron chi connectivity index (χ1n) is 9.78. The topological polar surface area (TPSA) is 62.3 Å². The fraction of sp³-hybridized carbons (Fsp3) is 0.318. The second-order valence-electron chi connectivity index (χ2n) is 7.21. The molecule has 1 fully saturated rings. The Labute approximate surface area is 178 Å². The van der Waals surface area contributed by atoms with Crippen LogP contribution in [0.3, 0.4) is 0 Å². The smallest absolute Gasteiger partial charge is 0.255 e. The van der Waals surface area contributed by atoms with Gasteiger partial charge in [-0.15, -0.1) is 11.3 Å². The lowest BCUT2D eigenvalue weighted by Gasteiger charge is -2.26. The van der Waals surface area contributed by atoms with E-state index in [2.05, 4.69) is 10.3 Å². The number of piperidine rings is 1. The molecule has 1 aliphatic rings. The molecule has 0 bridgehead atoms. The molecular formula is C22H23N3O2S2. The Hall–Kier alpha value is -2.38. The third kappa shape index (κ3) is 4.97. The average Bonchev–Trinajstić information content (AvgIpc) is 3.15. The Morgan fingerprint density at radius 1 is 1.10 bits per heavy atom. The summed E-state index contributed by atoms with van der Waals surface area (Å²) in [6.07, 6.45) is 3.43. The minimum Gasteiger partial charge on any atom is -0.342 e. The molecule has 2 heterocycles. The quantitative estimate of drug-likeness (QED) is 0.587. The number of carbonyl (C=O) groups is 2. The van der Waals surface area contributed by atoms with Crippen LogP contribution in [-0.2, 0) is 4.79 Å². The van der Waals surface area contributed by atoms with Gasteiger partial charge in [-0.3, -0.25) is 9.59 Å². The molecule has 0 atom stereocenters. The van der Waals surface area contributed by atoms with E-state index in [1.807, 2.05) is 54.3 Å². The van der Waals surface area contributed by atoms with Crippen LogP contribution in [0.2, 0.25) is 0 Å². The van der Waals surface area contributed by atoms with Crippen molar-refractivity contribution in [3.63, 3.8) is 0 Å². The number of nitrogens with one attached hydrogen (secondary N) is 1. The summed E-state index contributed by atoms with van der Waals surface area (Å²) >= 11 is 3.05. The first-order chi connectivity index (χ1) is 14.1. The molecule has 1 N–H and O–H groups in total. The Morgan fingerprint density at radius 3 is 2.62 bits per heavy atom. The predicted octanol–water partition coefficient (Wildman–Crippen LogP) is 4.96. The number of benzene rings is 2. The number of fused-ring (bicyclic) bond motifs is 1. The number of anilines is 1. The van der Waals surface area contributed by atoms with E-state index in [0.29, 0.717) is 11.3 Å². The van der Waals surface area contributed by atoms with Gasteiger partial charge in [0.15, 0.2) is 4.34 Å². The number of carbonyl (C=O) groups excluding carboxylic acids is 2. The Kier molecular flexibility index (Phi) is 6.16. The summed E-state index contributed by atoms with van der Waals surface area (Å²) in [5.41, 5.74) is 3.38. The maximum absolute atomic E-state index is 12.4. The van der Waals surface area contributed by atoms with Crippen LogP contribution in [0.5, 0.6) is 0 Å². The number of aromatic nitrogens is 1.